The molecule has 5 heteroatoms. The number of carbonyl (C=O) groups excluding carboxylic acids is 2. The van der Waals surface area contributed by atoms with Crippen molar-refractivity contribution < 1.29 is 14.3 Å². The van der Waals surface area contributed by atoms with E-state index in [1.54, 1.807) is 11.8 Å². The number of ether oxygens (including phenoxy) is 1. The van der Waals surface area contributed by atoms with Gasteiger partial charge >= 0.3 is 5.97 Å². The molecule has 0 radical (unpaired) electrons. The number of amides is 1. The normalized spacial score (nSPS) is 19.8. The minimum atomic E-state index is -0.817. The van der Waals surface area contributed by atoms with Crippen LogP contribution >= 0.6 is 0 Å². The third-order valence-electron chi connectivity index (χ3n) is 4.66. The Labute approximate surface area is 154 Å². The van der Waals surface area contributed by atoms with Gasteiger partial charge in [0.2, 0.25) is 6.17 Å². The van der Waals surface area contributed by atoms with Crippen molar-refractivity contribution in [1.29, 1.82) is 0 Å². The maximum atomic E-state index is 13.0. The van der Waals surface area contributed by atoms with Gasteiger partial charge in [-0.2, -0.15) is 0 Å². The van der Waals surface area contributed by atoms with Gasteiger partial charge in [-0.05, 0) is 52.0 Å². The third kappa shape index (κ3) is 3.17. The van der Waals surface area contributed by atoms with Crippen molar-refractivity contribution in [1.82, 2.24) is 0 Å². The molecule has 5 nitrogen and oxygen atoms in total. The molecule has 26 heavy (non-hydrogen) atoms. The molecule has 2 atom stereocenters. The van der Waals surface area contributed by atoms with Crippen LogP contribution in [-0.2, 0) is 14.3 Å². The largest absolute Gasteiger partial charge is 0.463 e. The van der Waals surface area contributed by atoms with E-state index in [4.69, 9.17) is 4.74 Å². The molecule has 0 spiro atoms. The Bertz CT molecular complexity index is 799. The van der Waals surface area contributed by atoms with Gasteiger partial charge in [0.15, 0.2) is 0 Å². The molecule has 2 aromatic carbocycles. The van der Waals surface area contributed by atoms with Gasteiger partial charge in [-0.3, -0.25) is 9.69 Å². The van der Waals surface area contributed by atoms with Gasteiger partial charge in [-0.1, -0.05) is 35.4 Å². The summed E-state index contributed by atoms with van der Waals surface area (Å²) in [6.07, 6.45) is -0.817. The topological polar surface area (TPSA) is 49.9 Å². The average molecular weight is 352 g/mol. The molecule has 0 saturated carbocycles. The summed E-state index contributed by atoms with van der Waals surface area (Å²) in [6.45, 7) is 7.85. The number of hydrogen-bond acceptors (Lipinski definition) is 4. The number of aryl methyl sites for hydroxylation is 2. The van der Waals surface area contributed by atoms with E-state index in [9.17, 15) is 9.59 Å². The summed E-state index contributed by atoms with van der Waals surface area (Å²) in [5.41, 5.74) is 3.73. The van der Waals surface area contributed by atoms with Crippen LogP contribution in [0.15, 0.2) is 48.5 Å². The van der Waals surface area contributed by atoms with Crippen molar-refractivity contribution in [2.24, 2.45) is 0 Å². The lowest BCUT2D eigenvalue weighted by Crippen LogP contribution is -2.47. The fourth-order valence-corrected chi connectivity index (χ4v) is 3.27. The van der Waals surface area contributed by atoms with Crippen LogP contribution in [0, 0.1) is 13.8 Å². The van der Waals surface area contributed by atoms with Gasteiger partial charge in [0, 0.05) is 11.4 Å². The highest BCUT2D eigenvalue weighted by atomic mass is 16.5. The Balaban J connectivity index is 2.08. The van der Waals surface area contributed by atoms with Crippen LogP contribution in [-0.4, -0.2) is 30.7 Å². The standard InChI is InChI=1S/C21H24N2O3/c1-5-26-21(25)19-22(17-10-6-14(2)7-11-17)16(4)20(24)23(19)18-12-8-15(3)9-13-18/h6-13,16,19H,5H2,1-4H3. The van der Waals surface area contributed by atoms with Crippen molar-refractivity contribution in [3.8, 4) is 0 Å². The lowest BCUT2D eigenvalue weighted by molar-refractivity contribution is -0.144. The number of esters is 1. The quantitative estimate of drug-likeness (QED) is 0.791. The van der Waals surface area contributed by atoms with E-state index in [0.29, 0.717) is 5.69 Å². The predicted molar refractivity (Wildman–Crippen MR) is 102 cm³/mol. The van der Waals surface area contributed by atoms with Gasteiger partial charge in [0.1, 0.15) is 6.04 Å². The second kappa shape index (κ2) is 7.20. The maximum absolute atomic E-state index is 13.0. The van der Waals surface area contributed by atoms with E-state index in [0.717, 1.165) is 16.8 Å². The molecule has 1 heterocycles. The zero-order chi connectivity index (χ0) is 18.8. The molecular formula is C21H24N2O3. The Hall–Kier alpha value is -2.82. The van der Waals surface area contributed by atoms with Gasteiger partial charge in [0.05, 0.1) is 6.61 Å². The summed E-state index contributed by atoms with van der Waals surface area (Å²) in [5.74, 6) is -0.543. The smallest absolute Gasteiger partial charge is 0.350 e. The fourth-order valence-electron chi connectivity index (χ4n) is 3.27. The average Bonchev–Trinajstić information content (AvgIpc) is 2.88. The van der Waals surface area contributed by atoms with E-state index in [1.165, 1.54) is 0 Å². The predicted octanol–water partition coefficient (Wildman–Crippen LogP) is 3.43. The summed E-state index contributed by atoms with van der Waals surface area (Å²) in [5, 5.41) is 0. The minimum Gasteiger partial charge on any atom is -0.463 e. The van der Waals surface area contributed by atoms with Crippen LogP contribution in [0.25, 0.3) is 0 Å². The molecule has 0 aliphatic carbocycles. The zero-order valence-corrected chi connectivity index (χ0v) is 15.6. The zero-order valence-electron chi connectivity index (χ0n) is 15.6. The molecule has 2 aromatic rings. The van der Waals surface area contributed by atoms with Crippen molar-refractivity contribution in [3.05, 3.63) is 59.7 Å². The molecule has 0 bridgehead atoms. The molecule has 1 saturated heterocycles. The molecule has 1 aliphatic rings. The van der Waals surface area contributed by atoms with Crippen molar-refractivity contribution in [2.45, 2.75) is 39.9 Å². The molecule has 2 unspecified atom stereocenters. The fraction of sp³-hybridized carbons (Fsp3) is 0.333. The number of benzene rings is 2. The Morgan fingerprint density at radius 2 is 1.46 bits per heavy atom. The van der Waals surface area contributed by atoms with Crippen molar-refractivity contribution in [2.75, 3.05) is 16.4 Å². The number of nitrogens with zero attached hydrogens (tertiary/aromatic N) is 2. The van der Waals surface area contributed by atoms with Gasteiger partial charge < -0.3 is 9.64 Å². The van der Waals surface area contributed by atoms with E-state index in [2.05, 4.69) is 0 Å². The van der Waals surface area contributed by atoms with Crippen LogP contribution in [0.4, 0.5) is 11.4 Å². The first-order valence-corrected chi connectivity index (χ1v) is 8.85. The maximum Gasteiger partial charge on any atom is 0.350 e. The summed E-state index contributed by atoms with van der Waals surface area (Å²) in [4.78, 5) is 29.2. The number of carbonyl (C=O) groups is 2. The lowest BCUT2D eigenvalue weighted by atomic mass is 10.2. The van der Waals surface area contributed by atoms with Crippen molar-refractivity contribution in [3.63, 3.8) is 0 Å². The Kier molecular flexibility index (Phi) is 4.98. The minimum absolute atomic E-state index is 0.118. The van der Waals surface area contributed by atoms with E-state index < -0.39 is 18.2 Å². The highest BCUT2D eigenvalue weighted by Crippen LogP contribution is 2.33. The monoisotopic (exact) mass is 352 g/mol. The van der Waals surface area contributed by atoms with Crippen LogP contribution in [0.3, 0.4) is 0 Å². The lowest BCUT2D eigenvalue weighted by Gasteiger charge is -2.30. The van der Waals surface area contributed by atoms with Gasteiger partial charge in [-0.15, -0.1) is 0 Å². The summed E-state index contributed by atoms with van der Waals surface area (Å²) >= 11 is 0. The van der Waals surface area contributed by atoms with Crippen LogP contribution < -0.4 is 9.80 Å². The van der Waals surface area contributed by atoms with Crippen molar-refractivity contribution >= 4 is 23.3 Å². The molecular weight excluding hydrogens is 328 g/mol. The number of anilines is 2. The SMILES string of the molecule is CCOC(=O)C1N(c2ccc(C)cc2)C(=O)C(C)N1c1ccc(C)cc1. The molecule has 3 rings (SSSR count). The second-order valence-electron chi connectivity index (χ2n) is 6.59. The first-order chi connectivity index (χ1) is 12.4. The first-order valence-electron chi connectivity index (χ1n) is 8.85. The Morgan fingerprint density at radius 1 is 0.962 bits per heavy atom. The van der Waals surface area contributed by atoms with E-state index in [1.807, 2.05) is 74.2 Å². The highest BCUT2D eigenvalue weighted by molar-refractivity contribution is 6.09. The summed E-state index contributed by atoms with van der Waals surface area (Å²) in [7, 11) is 0. The van der Waals surface area contributed by atoms with Crippen LogP contribution in [0.5, 0.6) is 0 Å². The molecule has 0 aromatic heterocycles. The highest BCUT2D eigenvalue weighted by Gasteiger charge is 2.49. The van der Waals surface area contributed by atoms with E-state index >= 15 is 0 Å². The van der Waals surface area contributed by atoms with Gasteiger partial charge in [-0.25, -0.2) is 4.79 Å². The molecule has 1 amide bonds. The molecule has 1 aliphatic heterocycles. The second-order valence-corrected chi connectivity index (χ2v) is 6.59. The summed E-state index contributed by atoms with van der Waals surface area (Å²) in [6, 6.07) is 15.0. The third-order valence-corrected chi connectivity index (χ3v) is 4.66. The van der Waals surface area contributed by atoms with Crippen LogP contribution in [0.2, 0.25) is 0 Å². The number of hydrogen-bond donors (Lipinski definition) is 0. The molecule has 0 N–H and O–H groups in total. The molecule has 1 fully saturated rings. The summed E-state index contributed by atoms with van der Waals surface area (Å²) < 4.78 is 5.30. The first kappa shape index (κ1) is 18.0. The van der Waals surface area contributed by atoms with E-state index in [-0.39, 0.29) is 12.5 Å². The number of rotatable bonds is 4. The van der Waals surface area contributed by atoms with Crippen LogP contribution in [0.1, 0.15) is 25.0 Å². The van der Waals surface area contributed by atoms with Gasteiger partial charge in [0.25, 0.3) is 5.91 Å². The Morgan fingerprint density at radius 3 is 1.96 bits per heavy atom. The molecule has 136 valence electrons.